The molecule has 1 aromatic heterocycles. The van der Waals surface area contributed by atoms with Crippen LogP contribution in [0.25, 0.3) is 5.69 Å². The number of para-hydroxylation sites is 1. The summed E-state index contributed by atoms with van der Waals surface area (Å²) in [7, 11) is 0. The number of nitrogens with one attached hydrogen (secondary N) is 1. The summed E-state index contributed by atoms with van der Waals surface area (Å²) in [6, 6.07) is 6.31. The Morgan fingerprint density at radius 3 is 2.58 bits per heavy atom. The zero-order valence-electron chi connectivity index (χ0n) is 18.4. The maximum Gasteiger partial charge on any atom is 0.257 e. The second-order valence-corrected chi connectivity index (χ2v) is 7.86. The Kier molecular flexibility index (Phi) is 8.17. The van der Waals surface area contributed by atoms with E-state index < -0.39 is 5.82 Å². The molecule has 1 saturated heterocycles. The molecule has 1 N–H and O–H groups in total. The fourth-order valence-electron chi connectivity index (χ4n) is 3.93. The van der Waals surface area contributed by atoms with Gasteiger partial charge in [-0.3, -0.25) is 9.59 Å². The molecular formula is C23H32FN5O2. The van der Waals surface area contributed by atoms with Gasteiger partial charge in [0.05, 0.1) is 11.8 Å². The van der Waals surface area contributed by atoms with Crippen molar-refractivity contribution < 1.29 is 14.0 Å². The van der Waals surface area contributed by atoms with E-state index in [1.54, 1.807) is 29.3 Å². The Bertz CT molecular complexity index is 872. The first-order chi connectivity index (χ1) is 15.0. The van der Waals surface area contributed by atoms with Gasteiger partial charge in [0.2, 0.25) is 5.91 Å². The van der Waals surface area contributed by atoms with Crippen LogP contribution in [0.2, 0.25) is 0 Å². The van der Waals surface area contributed by atoms with Crippen LogP contribution < -0.4 is 5.32 Å². The lowest BCUT2D eigenvalue weighted by Crippen LogP contribution is -2.43. The molecule has 0 radical (unpaired) electrons. The summed E-state index contributed by atoms with van der Waals surface area (Å²) >= 11 is 0. The molecule has 7 nitrogen and oxygen atoms in total. The summed E-state index contributed by atoms with van der Waals surface area (Å²) in [5.41, 5.74) is 0.723. The van der Waals surface area contributed by atoms with Gasteiger partial charge in [-0.25, -0.2) is 9.07 Å². The van der Waals surface area contributed by atoms with Gasteiger partial charge in [0, 0.05) is 31.7 Å². The lowest BCUT2D eigenvalue weighted by atomic mass is 9.95. The zero-order chi connectivity index (χ0) is 22.2. The Morgan fingerprint density at radius 2 is 1.90 bits per heavy atom. The van der Waals surface area contributed by atoms with Crippen molar-refractivity contribution in [2.24, 2.45) is 5.92 Å². The molecule has 1 aromatic carbocycles. The topological polar surface area (TPSA) is 70.5 Å². The predicted molar refractivity (Wildman–Crippen MR) is 118 cm³/mol. The third-order valence-corrected chi connectivity index (χ3v) is 5.93. The average molecular weight is 430 g/mol. The van der Waals surface area contributed by atoms with Crippen LogP contribution in [0.1, 0.15) is 43.5 Å². The minimum absolute atomic E-state index is 0.0568. The van der Waals surface area contributed by atoms with Gasteiger partial charge < -0.3 is 15.1 Å². The van der Waals surface area contributed by atoms with Crippen molar-refractivity contribution in [3.63, 3.8) is 0 Å². The molecule has 2 amide bonds. The number of piperidine rings is 1. The number of carbonyl (C=O) groups excluding carboxylic acids is 2. The van der Waals surface area contributed by atoms with Crippen molar-refractivity contribution in [3.05, 3.63) is 48.0 Å². The highest BCUT2D eigenvalue weighted by atomic mass is 19.1. The normalized spacial score (nSPS) is 14.8. The van der Waals surface area contributed by atoms with Gasteiger partial charge in [-0.2, -0.15) is 5.10 Å². The molecule has 0 atom stereocenters. The highest BCUT2D eigenvalue weighted by molar-refractivity contribution is 5.94. The van der Waals surface area contributed by atoms with E-state index in [1.165, 1.54) is 16.9 Å². The lowest BCUT2D eigenvalue weighted by Gasteiger charge is -2.31. The first kappa shape index (κ1) is 22.9. The van der Waals surface area contributed by atoms with Crippen molar-refractivity contribution in [2.45, 2.75) is 33.1 Å². The third-order valence-electron chi connectivity index (χ3n) is 5.93. The summed E-state index contributed by atoms with van der Waals surface area (Å²) < 4.78 is 15.3. The SMILES string of the molecule is CCN(CC)CCCNC(=O)C1CCN(C(=O)c2cnn(-c3ccccc3F)c2)CC1. The molecule has 8 heteroatoms. The summed E-state index contributed by atoms with van der Waals surface area (Å²) in [5.74, 6) is -0.508. The Morgan fingerprint density at radius 1 is 1.19 bits per heavy atom. The van der Waals surface area contributed by atoms with Gasteiger partial charge >= 0.3 is 0 Å². The van der Waals surface area contributed by atoms with Crippen LogP contribution in [0.4, 0.5) is 4.39 Å². The summed E-state index contributed by atoms with van der Waals surface area (Å²) in [6.45, 7) is 9.06. The first-order valence-electron chi connectivity index (χ1n) is 11.1. The molecule has 0 unspecified atom stereocenters. The number of halogens is 1. The number of benzene rings is 1. The van der Waals surface area contributed by atoms with Crippen LogP contribution >= 0.6 is 0 Å². The quantitative estimate of drug-likeness (QED) is 0.623. The molecule has 2 aromatic rings. The minimum atomic E-state index is -0.395. The van der Waals surface area contributed by atoms with Crippen LogP contribution in [-0.2, 0) is 4.79 Å². The Labute approximate surface area is 183 Å². The van der Waals surface area contributed by atoms with Crippen molar-refractivity contribution in [1.29, 1.82) is 0 Å². The van der Waals surface area contributed by atoms with Gasteiger partial charge in [-0.15, -0.1) is 0 Å². The summed E-state index contributed by atoms with van der Waals surface area (Å²) in [6.07, 6.45) is 5.25. The second kappa shape index (κ2) is 11.0. The van der Waals surface area contributed by atoms with E-state index in [-0.39, 0.29) is 17.7 Å². The number of rotatable bonds is 9. The van der Waals surface area contributed by atoms with E-state index in [4.69, 9.17) is 0 Å². The van der Waals surface area contributed by atoms with Gasteiger partial charge in [0.15, 0.2) is 0 Å². The molecule has 1 aliphatic rings. The number of aromatic nitrogens is 2. The lowest BCUT2D eigenvalue weighted by molar-refractivity contribution is -0.126. The molecule has 0 saturated carbocycles. The molecular weight excluding hydrogens is 397 g/mol. The number of likely N-dealkylation sites (tertiary alicyclic amines) is 1. The van der Waals surface area contributed by atoms with E-state index >= 15 is 0 Å². The van der Waals surface area contributed by atoms with Crippen LogP contribution in [0, 0.1) is 11.7 Å². The van der Waals surface area contributed by atoms with E-state index in [9.17, 15) is 14.0 Å². The standard InChI is InChI=1S/C23H32FN5O2/c1-3-27(4-2)13-7-12-25-22(30)18-10-14-28(15-11-18)23(31)19-16-26-29(17-19)21-9-6-5-8-20(21)24/h5-6,8-9,16-18H,3-4,7,10-15H2,1-2H3,(H,25,30). The van der Waals surface area contributed by atoms with Crippen LogP contribution in [0.5, 0.6) is 0 Å². The zero-order valence-corrected chi connectivity index (χ0v) is 18.4. The van der Waals surface area contributed by atoms with Gasteiger partial charge in [0.1, 0.15) is 11.5 Å². The fourth-order valence-corrected chi connectivity index (χ4v) is 3.93. The fraction of sp³-hybridized carbons (Fsp3) is 0.522. The molecule has 168 valence electrons. The predicted octanol–water partition coefficient (Wildman–Crippen LogP) is 2.71. The molecule has 0 spiro atoms. The maximum atomic E-state index is 13.9. The smallest absolute Gasteiger partial charge is 0.257 e. The van der Waals surface area contributed by atoms with E-state index in [1.807, 2.05) is 0 Å². The molecule has 2 heterocycles. The van der Waals surface area contributed by atoms with Crippen molar-refractivity contribution in [3.8, 4) is 5.69 Å². The van der Waals surface area contributed by atoms with Gasteiger partial charge in [0.25, 0.3) is 5.91 Å². The maximum absolute atomic E-state index is 13.9. The van der Waals surface area contributed by atoms with Crippen molar-refractivity contribution in [2.75, 3.05) is 39.3 Å². The number of amides is 2. The highest BCUT2D eigenvalue weighted by Crippen LogP contribution is 2.20. The monoisotopic (exact) mass is 429 g/mol. The molecule has 1 aliphatic heterocycles. The molecule has 3 rings (SSSR count). The summed E-state index contributed by atoms with van der Waals surface area (Å²) in [4.78, 5) is 29.3. The summed E-state index contributed by atoms with van der Waals surface area (Å²) in [5, 5.41) is 7.17. The number of nitrogens with zero attached hydrogens (tertiary/aromatic N) is 4. The third kappa shape index (κ3) is 5.91. The molecule has 0 aliphatic carbocycles. The molecule has 31 heavy (non-hydrogen) atoms. The second-order valence-electron chi connectivity index (χ2n) is 7.86. The van der Waals surface area contributed by atoms with Crippen molar-refractivity contribution in [1.82, 2.24) is 24.9 Å². The number of carbonyl (C=O) groups is 2. The Balaban J connectivity index is 1.46. The first-order valence-corrected chi connectivity index (χ1v) is 11.1. The minimum Gasteiger partial charge on any atom is -0.356 e. The largest absolute Gasteiger partial charge is 0.356 e. The van der Waals surface area contributed by atoms with Crippen molar-refractivity contribution >= 4 is 11.8 Å². The Hall–Kier alpha value is -2.74. The van der Waals surface area contributed by atoms with Gasteiger partial charge in [-0.1, -0.05) is 26.0 Å². The highest BCUT2D eigenvalue weighted by Gasteiger charge is 2.28. The number of hydrogen-bond acceptors (Lipinski definition) is 4. The van der Waals surface area contributed by atoms with E-state index in [2.05, 4.69) is 29.2 Å². The van der Waals surface area contributed by atoms with Gasteiger partial charge in [-0.05, 0) is 51.0 Å². The number of hydrogen-bond donors (Lipinski definition) is 1. The van der Waals surface area contributed by atoms with E-state index in [0.29, 0.717) is 43.7 Å². The van der Waals surface area contributed by atoms with E-state index in [0.717, 1.165) is 26.1 Å². The van der Waals surface area contributed by atoms with Crippen LogP contribution in [0.15, 0.2) is 36.7 Å². The van der Waals surface area contributed by atoms with Crippen LogP contribution in [-0.4, -0.2) is 70.7 Å². The average Bonchev–Trinajstić information content (AvgIpc) is 3.29. The molecule has 1 fully saturated rings. The van der Waals surface area contributed by atoms with Crippen LogP contribution in [0.3, 0.4) is 0 Å². The molecule has 0 bridgehead atoms.